The van der Waals surface area contributed by atoms with Gasteiger partial charge in [0.25, 0.3) is 0 Å². The van der Waals surface area contributed by atoms with E-state index >= 15 is 0 Å². The van der Waals surface area contributed by atoms with Gasteiger partial charge in [-0.2, -0.15) is 5.10 Å². The Bertz CT molecular complexity index is 1300. The van der Waals surface area contributed by atoms with Gasteiger partial charge in [-0.25, -0.2) is 4.98 Å². The molecule has 10 heteroatoms. The fraction of sp³-hybridized carbons (Fsp3) is 0.261. The first-order chi connectivity index (χ1) is 15.9. The zero-order valence-corrected chi connectivity index (χ0v) is 17.5. The summed E-state index contributed by atoms with van der Waals surface area (Å²) in [5, 5.41) is 12.0. The van der Waals surface area contributed by atoms with Gasteiger partial charge in [-0.3, -0.25) is 10.1 Å². The average Bonchev–Trinajstić information content (AvgIpc) is 3.29. The van der Waals surface area contributed by atoms with Gasteiger partial charge in [-0.15, -0.1) is 13.2 Å². The molecule has 1 aliphatic rings. The van der Waals surface area contributed by atoms with E-state index < -0.39 is 6.36 Å². The number of fused-ring (bicyclic) bond motifs is 1. The minimum absolute atomic E-state index is 0.293. The number of anilines is 1. The smallest absolute Gasteiger partial charge is 0.406 e. The molecule has 0 unspecified atom stereocenters. The van der Waals surface area contributed by atoms with E-state index in [9.17, 15) is 13.2 Å². The van der Waals surface area contributed by atoms with Gasteiger partial charge >= 0.3 is 6.36 Å². The lowest BCUT2D eigenvalue weighted by atomic mass is 9.90. The van der Waals surface area contributed by atoms with E-state index in [1.807, 2.05) is 6.07 Å². The Kier molecular flexibility index (Phi) is 5.37. The number of H-pyrrole nitrogens is 1. The van der Waals surface area contributed by atoms with Crippen LogP contribution >= 0.6 is 0 Å². The maximum absolute atomic E-state index is 12.5. The number of nitrogens with zero attached hydrogens (tertiary/aromatic N) is 3. The number of nitrogen functional groups attached to an aromatic ring is 1. The molecule has 1 aliphatic heterocycles. The van der Waals surface area contributed by atoms with Crippen molar-refractivity contribution in [3.8, 4) is 28.1 Å². The maximum atomic E-state index is 12.5. The molecule has 4 heterocycles. The Hall–Kier alpha value is -3.66. The Morgan fingerprint density at radius 2 is 1.76 bits per heavy atom. The lowest BCUT2D eigenvalue weighted by Crippen LogP contribution is -2.27. The minimum atomic E-state index is -4.75. The van der Waals surface area contributed by atoms with Crippen LogP contribution in [0.1, 0.15) is 24.5 Å². The highest BCUT2D eigenvalue weighted by atomic mass is 19.4. The van der Waals surface area contributed by atoms with E-state index in [0.29, 0.717) is 33.8 Å². The summed E-state index contributed by atoms with van der Waals surface area (Å²) in [5.74, 6) is 0.407. The van der Waals surface area contributed by atoms with Crippen molar-refractivity contribution < 1.29 is 17.9 Å². The number of halogens is 3. The molecule has 3 aromatic heterocycles. The van der Waals surface area contributed by atoms with E-state index in [1.54, 1.807) is 24.5 Å². The lowest BCUT2D eigenvalue weighted by molar-refractivity contribution is -0.274. The molecule has 0 spiro atoms. The molecule has 0 amide bonds. The number of nitrogens with one attached hydrogen (secondary N) is 2. The fourth-order valence-corrected chi connectivity index (χ4v) is 4.24. The van der Waals surface area contributed by atoms with Crippen molar-refractivity contribution in [2.75, 3.05) is 18.8 Å². The molecule has 1 saturated heterocycles. The zero-order chi connectivity index (χ0) is 23.0. The van der Waals surface area contributed by atoms with E-state index in [4.69, 9.17) is 5.73 Å². The molecule has 0 radical (unpaired) electrons. The molecule has 4 N–H and O–H groups in total. The summed E-state index contributed by atoms with van der Waals surface area (Å²) in [4.78, 5) is 8.79. The summed E-state index contributed by atoms with van der Waals surface area (Å²) in [6, 6.07) is 7.82. The Morgan fingerprint density at radius 3 is 2.55 bits per heavy atom. The molecule has 1 fully saturated rings. The normalized spacial score (nSPS) is 15.1. The monoisotopic (exact) mass is 454 g/mol. The Labute approximate surface area is 187 Å². The topological polar surface area (TPSA) is 102 Å². The van der Waals surface area contributed by atoms with Crippen molar-refractivity contribution in [1.29, 1.82) is 0 Å². The summed E-state index contributed by atoms with van der Waals surface area (Å²) in [5.41, 5.74) is 10.3. The Balaban J connectivity index is 1.50. The molecule has 0 atom stereocenters. The third-order valence-electron chi connectivity index (χ3n) is 5.85. The predicted molar refractivity (Wildman–Crippen MR) is 118 cm³/mol. The van der Waals surface area contributed by atoms with Crippen LogP contribution in [-0.2, 0) is 0 Å². The minimum Gasteiger partial charge on any atom is -0.406 e. The highest BCUT2D eigenvalue weighted by Crippen LogP contribution is 2.35. The van der Waals surface area contributed by atoms with Crippen LogP contribution in [0.3, 0.4) is 0 Å². The van der Waals surface area contributed by atoms with Crippen LogP contribution in [0.4, 0.5) is 19.0 Å². The maximum Gasteiger partial charge on any atom is 0.573 e. The molecule has 0 bridgehead atoms. The van der Waals surface area contributed by atoms with Crippen LogP contribution in [0.2, 0.25) is 0 Å². The second-order valence-electron chi connectivity index (χ2n) is 8.00. The first-order valence-corrected chi connectivity index (χ1v) is 10.5. The van der Waals surface area contributed by atoms with Crippen LogP contribution in [0.25, 0.3) is 33.2 Å². The number of nitrogens with two attached hydrogens (primary N) is 1. The number of aromatic amines is 1. The third kappa shape index (κ3) is 4.47. The number of benzene rings is 1. The van der Waals surface area contributed by atoms with Crippen LogP contribution in [0.5, 0.6) is 5.75 Å². The summed E-state index contributed by atoms with van der Waals surface area (Å²) in [6.45, 7) is 1.93. The summed E-state index contributed by atoms with van der Waals surface area (Å²) < 4.78 is 41.5. The predicted octanol–water partition coefficient (Wildman–Crippen LogP) is 4.63. The van der Waals surface area contributed by atoms with Gasteiger partial charge in [-0.05, 0) is 55.6 Å². The molecule has 4 aromatic rings. The number of hydrogen-bond acceptors (Lipinski definition) is 6. The van der Waals surface area contributed by atoms with Crippen molar-refractivity contribution in [3.63, 3.8) is 0 Å². The van der Waals surface area contributed by atoms with Gasteiger partial charge in [0.2, 0.25) is 0 Å². The Morgan fingerprint density at radius 1 is 0.939 bits per heavy atom. The number of ether oxygens (including phenoxy) is 1. The SMILES string of the molecule is Nc1ncc(-c2cn[nH]c2C2CCNCC2)cc1-c1cc2ccc(OC(F)(F)F)cc2cn1. The number of rotatable bonds is 4. The molecule has 5 rings (SSSR count). The van der Waals surface area contributed by atoms with Gasteiger partial charge in [0.15, 0.2) is 0 Å². The van der Waals surface area contributed by atoms with Crippen LogP contribution in [-0.4, -0.2) is 39.6 Å². The number of piperidine rings is 1. The van der Waals surface area contributed by atoms with E-state index in [1.165, 1.54) is 18.3 Å². The fourth-order valence-electron chi connectivity index (χ4n) is 4.24. The number of pyridine rings is 2. The second-order valence-corrected chi connectivity index (χ2v) is 8.00. The standard InChI is InChI=1S/C23H21F3N6O/c24-23(25,26)33-17-2-1-14-9-20(29-10-15(14)7-17)18-8-16(11-30-22(18)27)19-12-31-32-21(19)13-3-5-28-6-4-13/h1-2,7-13,28H,3-6H2,(H2,27,30)(H,31,32). The van der Waals surface area contributed by atoms with Crippen LogP contribution in [0, 0.1) is 0 Å². The molecule has 0 aliphatic carbocycles. The molecular formula is C23H21F3N6O. The average molecular weight is 454 g/mol. The van der Waals surface area contributed by atoms with Crippen molar-refractivity contribution in [3.05, 3.63) is 54.6 Å². The second kappa shape index (κ2) is 8.36. The number of alkyl halides is 3. The molecule has 1 aromatic carbocycles. The third-order valence-corrected chi connectivity index (χ3v) is 5.85. The first kappa shape index (κ1) is 21.2. The van der Waals surface area contributed by atoms with Gasteiger partial charge in [0.05, 0.1) is 11.9 Å². The van der Waals surface area contributed by atoms with Crippen LogP contribution < -0.4 is 15.8 Å². The zero-order valence-electron chi connectivity index (χ0n) is 17.5. The number of aromatic nitrogens is 4. The van der Waals surface area contributed by atoms with Crippen LogP contribution in [0.15, 0.2) is 48.9 Å². The van der Waals surface area contributed by atoms with E-state index in [-0.39, 0.29) is 5.75 Å². The molecule has 170 valence electrons. The van der Waals surface area contributed by atoms with Crippen molar-refractivity contribution in [2.45, 2.75) is 25.1 Å². The van der Waals surface area contributed by atoms with Crippen molar-refractivity contribution in [1.82, 2.24) is 25.5 Å². The quantitative estimate of drug-likeness (QED) is 0.416. The molecule has 0 saturated carbocycles. The van der Waals surface area contributed by atoms with Crippen molar-refractivity contribution >= 4 is 16.6 Å². The summed E-state index contributed by atoms with van der Waals surface area (Å²) in [6.07, 6.45) is 2.31. The summed E-state index contributed by atoms with van der Waals surface area (Å²) >= 11 is 0. The van der Waals surface area contributed by atoms with Gasteiger partial charge < -0.3 is 15.8 Å². The number of hydrogen-bond donors (Lipinski definition) is 3. The molecular weight excluding hydrogens is 433 g/mol. The summed E-state index contributed by atoms with van der Waals surface area (Å²) in [7, 11) is 0. The van der Waals surface area contributed by atoms with Gasteiger partial charge in [0.1, 0.15) is 11.6 Å². The van der Waals surface area contributed by atoms with Gasteiger partial charge in [0, 0.05) is 46.1 Å². The highest BCUT2D eigenvalue weighted by molar-refractivity contribution is 5.88. The first-order valence-electron chi connectivity index (χ1n) is 10.5. The van der Waals surface area contributed by atoms with Crippen molar-refractivity contribution in [2.24, 2.45) is 0 Å². The van der Waals surface area contributed by atoms with Gasteiger partial charge in [-0.1, -0.05) is 6.07 Å². The van der Waals surface area contributed by atoms with E-state index in [0.717, 1.165) is 42.8 Å². The largest absolute Gasteiger partial charge is 0.573 e. The molecule has 7 nitrogen and oxygen atoms in total. The van der Waals surface area contributed by atoms with E-state index in [2.05, 4.69) is 30.2 Å². The highest BCUT2D eigenvalue weighted by Gasteiger charge is 2.31. The lowest BCUT2D eigenvalue weighted by Gasteiger charge is -2.22. The molecule has 33 heavy (non-hydrogen) atoms.